The SMILES string of the molecule is CCCN1C(=O)Cc2cc(N3CCC(C(=O)O)CC3)ccc21. The number of hydrogen-bond acceptors (Lipinski definition) is 3. The second-order valence-electron chi connectivity index (χ2n) is 6.13. The lowest BCUT2D eigenvalue weighted by Crippen LogP contribution is -2.36. The molecule has 1 N–H and O–H groups in total. The number of carboxylic acids is 1. The topological polar surface area (TPSA) is 60.9 Å². The van der Waals surface area contributed by atoms with Crippen LogP contribution in [-0.2, 0) is 16.0 Å². The molecule has 22 heavy (non-hydrogen) atoms. The third-order valence-corrected chi connectivity index (χ3v) is 4.65. The number of carbonyl (C=O) groups is 2. The molecule has 1 amide bonds. The van der Waals surface area contributed by atoms with Gasteiger partial charge in [-0.1, -0.05) is 6.92 Å². The standard InChI is InChI=1S/C17H22N2O3/c1-2-7-19-15-4-3-14(10-13(15)11-16(19)20)18-8-5-12(6-9-18)17(21)22/h3-4,10,12H,2,5-9,11H2,1H3,(H,21,22). The van der Waals surface area contributed by atoms with E-state index in [1.54, 1.807) is 0 Å². The van der Waals surface area contributed by atoms with Crippen molar-refractivity contribution in [2.75, 3.05) is 29.4 Å². The molecule has 1 aromatic rings. The van der Waals surface area contributed by atoms with E-state index >= 15 is 0 Å². The molecule has 2 aliphatic rings. The molecule has 2 heterocycles. The predicted molar refractivity (Wildman–Crippen MR) is 85.4 cm³/mol. The van der Waals surface area contributed by atoms with Crippen molar-refractivity contribution in [1.29, 1.82) is 0 Å². The molecule has 0 spiro atoms. The number of benzene rings is 1. The Hall–Kier alpha value is -2.04. The summed E-state index contributed by atoms with van der Waals surface area (Å²) in [6, 6.07) is 6.19. The van der Waals surface area contributed by atoms with E-state index < -0.39 is 5.97 Å². The fourth-order valence-corrected chi connectivity index (χ4v) is 3.42. The number of piperidine rings is 1. The highest BCUT2D eigenvalue weighted by Gasteiger charge is 2.28. The van der Waals surface area contributed by atoms with Crippen LogP contribution < -0.4 is 9.80 Å². The fourth-order valence-electron chi connectivity index (χ4n) is 3.42. The second-order valence-corrected chi connectivity index (χ2v) is 6.13. The fraction of sp³-hybridized carbons (Fsp3) is 0.529. The summed E-state index contributed by atoms with van der Waals surface area (Å²) in [5, 5.41) is 9.07. The largest absolute Gasteiger partial charge is 0.481 e. The van der Waals surface area contributed by atoms with Crippen LogP contribution in [0.1, 0.15) is 31.7 Å². The summed E-state index contributed by atoms with van der Waals surface area (Å²) in [5.74, 6) is -0.722. The Labute approximate surface area is 130 Å². The third kappa shape index (κ3) is 2.67. The van der Waals surface area contributed by atoms with E-state index in [0.717, 1.165) is 43.0 Å². The Morgan fingerprint density at radius 3 is 2.68 bits per heavy atom. The first kappa shape index (κ1) is 14.9. The maximum Gasteiger partial charge on any atom is 0.306 e. The number of fused-ring (bicyclic) bond motifs is 1. The summed E-state index contributed by atoms with van der Waals surface area (Å²) < 4.78 is 0. The van der Waals surface area contributed by atoms with Gasteiger partial charge in [0.2, 0.25) is 5.91 Å². The molecule has 1 fully saturated rings. The maximum absolute atomic E-state index is 12.1. The number of carboxylic acid groups (broad SMARTS) is 1. The van der Waals surface area contributed by atoms with E-state index in [0.29, 0.717) is 19.3 Å². The zero-order valence-corrected chi connectivity index (χ0v) is 12.9. The highest BCUT2D eigenvalue weighted by atomic mass is 16.4. The Morgan fingerprint density at radius 2 is 2.05 bits per heavy atom. The van der Waals surface area contributed by atoms with Crippen molar-refractivity contribution in [3.63, 3.8) is 0 Å². The molecule has 0 unspecified atom stereocenters. The van der Waals surface area contributed by atoms with E-state index in [9.17, 15) is 9.59 Å². The van der Waals surface area contributed by atoms with Gasteiger partial charge in [-0.3, -0.25) is 9.59 Å². The number of anilines is 2. The van der Waals surface area contributed by atoms with Crippen LogP contribution in [0.2, 0.25) is 0 Å². The third-order valence-electron chi connectivity index (χ3n) is 4.65. The number of carbonyl (C=O) groups excluding carboxylic acids is 1. The van der Waals surface area contributed by atoms with Crippen LogP contribution in [0.4, 0.5) is 11.4 Å². The molecular weight excluding hydrogens is 280 g/mol. The summed E-state index contributed by atoms with van der Waals surface area (Å²) in [7, 11) is 0. The van der Waals surface area contributed by atoms with Gasteiger partial charge < -0.3 is 14.9 Å². The molecule has 118 valence electrons. The molecular formula is C17H22N2O3. The number of aliphatic carboxylic acids is 1. The molecule has 5 heteroatoms. The molecule has 0 radical (unpaired) electrons. The minimum absolute atomic E-state index is 0.179. The van der Waals surface area contributed by atoms with E-state index in [-0.39, 0.29) is 11.8 Å². The van der Waals surface area contributed by atoms with Crippen molar-refractivity contribution in [3.8, 4) is 0 Å². The molecule has 0 aromatic heterocycles. The molecule has 0 atom stereocenters. The van der Waals surface area contributed by atoms with Crippen molar-refractivity contribution in [3.05, 3.63) is 23.8 Å². The quantitative estimate of drug-likeness (QED) is 0.927. The van der Waals surface area contributed by atoms with Crippen molar-refractivity contribution < 1.29 is 14.7 Å². The Morgan fingerprint density at radius 1 is 1.32 bits per heavy atom. The lowest BCUT2D eigenvalue weighted by Gasteiger charge is -2.32. The van der Waals surface area contributed by atoms with Crippen molar-refractivity contribution in [1.82, 2.24) is 0 Å². The molecule has 3 rings (SSSR count). The van der Waals surface area contributed by atoms with Gasteiger partial charge in [-0.05, 0) is 43.0 Å². The number of rotatable bonds is 4. The molecule has 5 nitrogen and oxygen atoms in total. The van der Waals surface area contributed by atoms with Crippen LogP contribution >= 0.6 is 0 Å². The molecule has 2 aliphatic heterocycles. The van der Waals surface area contributed by atoms with Gasteiger partial charge in [0.15, 0.2) is 0 Å². The van der Waals surface area contributed by atoms with Crippen LogP contribution in [0.5, 0.6) is 0 Å². The van der Waals surface area contributed by atoms with Crippen LogP contribution in [0.15, 0.2) is 18.2 Å². The zero-order chi connectivity index (χ0) is 15.7. The van der Waals surface area contributed by atoms with Crippen LogP contribution in [0, 0.1) is 5.92 Å². The number of nitrogens with zero attached hydrogens (tertiary/aromatic N) is 2. The van der Waals surface area contributed by atoms with E-state index in [4.69, 9.17) is 5.11 Å². The Balaban J connectivity index is 1.74. The van der Waals surface area contributed by atoms with E-state index in [1.165, 1.54) is 0 Å². The predicted octanol–water partition coefficient (Wildman–Crippen LogP) is 2.29. The van der Waals surface area contributed by atoms with Gasteiger partial charge in [-0.25, -0.2) is 0 Å². The van der Waals surface area contributed by atoms with Gasteiger partial charge in [0.1, 0.15) is 0 Å². The van der Waals surface area contributed by atoms with Crippen LogP contribution in [-0.4, -0.2) is 36.6 Å². The summed E-state index contributed by atoms with van der Waals surface area (Å²) >= 11 is 0. The van der Waals surface area contributed by atoms with Gasteiger partial charge in [-0.15, -0.1) is 0 Å². The molecule has 1 aromatic carbocycles. The van der Waals surface area contributed by atoms with Gasteiger partial charge in [0.25, 0.3) is 0 Å². The first-order chi connectivity index (χ1) is 10.6. The summed E-state index contributed by atoms with van der Waals surface area (Å²) in [4.78, 5) is 27.2. The van der Waals surface area contributed by atoms with Gasteiger partial charge in [0, 0.05) is 31.0 Å². The first-order valence-electron chi connectivity index (χ1n) is 8.01. The number of amides is 1. The Kier molecular flexibility index (Phi) is 4.05. The van der Waals surface area contributed by atoms with E-state index in [1.807, 2.05) is 11.0 Å². The smallest absolute Gasteiger partial charge is 0.306 e. The van der Waals surface area contributed by atoms with Crippen molar-refractivity contribution in [2.24, 2.45) is 5.92 Å². The summed E-state index contributed by atoms with van der Waals surface area (Å²) in [6.07, 6.45) is 2.81. The lowest BCUT2D eigenvalue weighted by molar-refractivity contribution is -0.142. The zero-order valence-electron chi connectivity index (χ0n) is 12.9. The maximum atomic E-state index is 12.1. The summed E-state index contributed by atoms with van der Waals surface area (Å²) in [5.41, 5.74) is 3.24. The molecule has 0 saturated carbocycles. The van der Waals surface area contributed by atoms with Gasteiger partial charge in [-0.2, -0.15) is 0 Å². The minimum Gasteiger partial charge on any atom is -0.481 e. The van der Waals surface area contributed by atoms with Crippen molar-refractivity contribution in [2.45, 2.75) is 32.6 Å². The average Bonchev–Trinajstić information content (AvgIpc) is 2.83. The molecule has 0 aliphatic carbocycles. The van der Waals surface area contributed by atoms with E-state index in [2.05, 4.69) is 24.0 Å². The summed E-state index contributed by atoms with van der Waals surface area (Å²) in [6.45, 7) is 4.38. The van der Waals surface area contributed by atoms with Crippen LogP contribution in [0.25, 0.3) is 0 Å². The van der Waals surface area contributed by atoms with Gasteiger partial charge >= 0.3 is 5.97 Å². The highest BCUT2D eigenvalue weighted by Crippen LogP contribution is 2.33. The van der Waals surface area contributed by atoms with Crippen molar-refractivity contribution >= 4 is 23.3 Å². The van der Waals surface area contributed by atoms with Gasteiger partial charge in [0.05, 0.1) is 12.3 Å². The minimum atomic E-state index is -0.686. The highest BCUT2D eigenvalue weighted by molar-refractivity contribution is 6.01. The average molecular weight is 302 g/mol. The second kappa shape index (κ2) is 5.99. The molecule has 0 bridgehead atoms. The number of hydrogen-bond donors (Lipinski definition) is 1. The normalized spacial score (nSPS) is 18.7. The monoisotopic (exact) mass is 302 g/mol. The first-order valence-corrected chi connectivity index (χ1v) is 8.01. The van der Waals surface area contributed by atoms with Crippen LogP contribution in [0.3, 0.4) is 0 Å². The Bertz CT molecular complexity index is 592. The lowest BCUT2D eigenvalue weighted by atomic mass is 9.96. The molecule has 1 saturated heterocycles.